The number of rotatable bonds is 3. The first-order valence-electron chi connectivity index (χ1n) is 4.83. The second-order valence-electron chi connectivity index (χ2n) is 3.34. The first-order chi connectivity index (χ1) is 7.74. The summed E-state index contributed by atoms with van der Waals surface area (Å²) in [6.45, 7) is 0.451. The van der Waals surface area contributed by atoms with E-state index in [1.165, 1.54) is 0 Å². The van der Waals surface area contributed by atoms with Crippen LogP contribution >= 0.6 is 11.6 Å². The predicted molar refractivity (Wildman–Crippen MR) is 64.4 cm³/mol. The van der Waals surface area contributed by atoms with Crippen LogP contribution in [0.2, 0.25) is 5.02 Å². The third-order valence-corrected chi connectivity index (χ3v) is 2.28. The molecule has 2 N–H and O–H groups in total. The van der Waals surface area contributed by atoms with Gasteiger partial charge in [0.25, 0.3) is 0 Å². The molecule has 2 rings (SSSR count). The van der Waals surface area contributed by atoms with Crippen LogP contribution in [0.15, 0.2) is 42.6 Å². The molecule has 0 fully saturated rings. The molecule has 0 saturated heterocycles. The summed E-state index contributed by atoms with van der Waals surface area (Å²) in [5.41, 5.74) is 6.54. The highest BCUT2D eigenvalue weighted by molar-refractivity contribution is 6.30. The fraction of sp³-hybridized carbons (Fsp3) is 0.0833. The van der Waals surface area contributed by atoms with Crippen molar-refractivity contribution >= 4 is 17.4 Å². The van der Waals surface area contributed by atoms with Crippen molar-refractivity contribution in [1.29, 1.82) is 0 Å². The lowest BCUT2D eigenvalue weighted by Crippen LogP contribution is -1.97. The number of hydrogen-bond acceptors (Lipinski definition) is 3. The minimum absolute atomic E-state index is 0.451. The molecule has 0 aliphatic carbocycles. The highest BCUT2D eigenvalue weighted by atomic mass is 35.5. The Balaban J connectivity index is 2.02. The van der Waals surface area contributed by atoms with E-state index in [0.29, 0.717) is 17.4 Å². The van der Waals surface area contributed by atoms with E-state index in [-0.39, 0.29) is 0 Å². The maximum Gasteiger partial charge on any atom is 0.123 e. The molecule has 1 heterocycles. The molecule has 0 bridgehead atoms. The molecule has 1 aromatic heterocycles. The van der Waals surface area contributed by atoms with Gasteiger partial charge in [0, 0.05) is 11.2 Å². The number of anilines is 1. The number of aromatic nitrogens is 1. The molecule has 0 unspecified atom stereocenters. The lowest BCUT2D eigenvalue weighted by Gasteiger charge is -2.06. The van der Waals surface area contributed by atoms with Crippen molar-refractivity contribution in [2.45, 2.75) is 6.61 Å². The Morgan fingerprint density at radius 2 is 2.12 bits per heavy atom. The van der Waals surface area contributed by atoms with Gasteiger partial charge in [0.1, 0.15) is 18.2 Å². The highest BCUT2D eigenvalue weighted by Gasteiger charge is 1.97. The molecule has 82 valence electrons. The van der Waals surface area contributed by atoms with Gasteiger partial charge in [-0.2, -0.15) is 0 Å². The van der Waals surface area contributed by atoms with Gasteiger partial charge in [-0.05, 0) is 35.9 Å². The highest BCUT2D eigenvalue weighted by Crippen LogP contribution is 2.18. The van der Waals surface area contributed by atoms with Crippen molar-refractivity contribution in [3.05, 3.63) is 53.2 Å². The molecule has 0 atom stereocenters. The predicted octanol–water partition coefficient (Wildman–Crippen LogP) is 2.90. The van der Waals surface area contributed by atoms with Gasteiger partial charge in [-0.15, -0.1) is 0 Å². The summed E-state index contributed by atoms with van der Waals surface area (Å²) < 4.78 is 5.56. The first kappa shape index (κ1) is 10.8. The van der Waals surface area contributed by atoms with Crippen molar-refractivity contribution in [1.82, 2.24) is 4.98 Å². The molecule has 0 aliphatic rings. The summed E-state index contributed by atoms with van der Waals surface area (Å²) in [4.78, 5) is 3.91. The van der Waals surface area contributed by atoms with Gasteiger partial charge >= 0.3 is 0 Å². The molecule has 3 nitrogen and oxygen atoms in total. The molecular formula is C12H11ClN2O. The van der Waals surface area contributed by atoms with Gasteiger partial charge in [-0.1, -0.05) is 17.7 Å². The summed E-state index contributed by atoms with van der Waals surface area (Å²) in [5, 5.41) is 0.659. The van der Waals surface area contributed by atoms with E-state index in [2.05, 4.69) is 4.98 Å². The Hall–Kier alpha value is -1.74. The molecule has 1 aromatic carbocycles. The average molecular weight is 235 g/mol. The summed E-state index contributed by atoms with van der Waals surface area (Å²) in [6.07, 6.45) is 1.66. The van der Waals surface area contributed by atoms with Crippen LogP contribution in [0.4, 0.5) is 5.82 Å². The lowest BCUT2D eigenvalue weighted by atomic mass is 10.3. The summed E-state index contributed by atoms with van der Waals surface area (Å²) >= 11 is 5.84. The van der Waals surface area contributed by atoms with E-state index >= 15 is 0 Å². The first-order valence-corrected chi connectivity index (χ1v) is 5.20. The third-order valence-electron chi connectivity index (χ3n) is 2.05. The Bertz CT molecular complexity index is 442. The van der Waals surface area contributed by atoms with Gasteiger partial charge < -0.3 is 10.5 Å². The Kier molecular flexibility index (Phi) is 3.27. The van der Waals surface area contributed by atoms with Gasteiger partial charge in [-0.3, -0.25) is 0 Å². The van der Waals surface area contributed by atoms with Crippen molar-refractivity contribution in [2.24, 2.45) is 0 Å². The summed E-state index contributed by atoms with van der Waals surface area (Å²) in [6, 6.07) is 10.9. The number of hydrogen-bond donors (Lipinski definition) is 1. The van der Waals surface area contributed by atoms with E-state index in [0.717, 1.165) is 11.3 Å². The van der Waals surface area contributed by atoms with Gasteiger partial charge in [0.15, 0.2) is 0 Å². The SMILES string of the molecule is Nc1cc(COc2cccc(Cl)c2)ccn1. The smallest absolute Gasteiger partial charge is 0.123 e. The molecule has 0 radical (unpaired) electrons. The van der Waals surface area contributed by atoms with Gasteiger partial charge in [0.2, 0.25) is 0 Å². The normalized spacial score (nSPS) is 10.1. The fourth-order valence-electron chi connectivity index (χ4n) is 1.31. The lowest BCUT2D eigenvalue weighted by molar-refractivity contribution is 0.306. The Morgan fingerprint density at radius 1 is 1.25 bits per heavy atom. The number of pyridine rings is 1. The zero-order valence-corrected chi connectivity index (χ0v) is 9.32. The minimum Gasteiger partial charge on any atom is -0.489 e. The molecule has 0 saturated carbocycles. The van der Waals surface area contributed by atoms with Crippen LogP contribution in [0.3, 0.4) is 0 Å². The monoisotopic (exact) mass is 234 g/mol. The van der Waals surface area contributed by atoms with Gasteiger partial charge in [-0.25, -0.2) is 4.98 Å². The van der Waals surface area contributed by atoms with E-state index in [1.54, 1.807) is 24.4 Å². The standard InChI is InChI=1S/C12H11ClN2O/c13-10-2-1-3-11(7-10)16-8-9-4-5-15-12(14)6-9/h1-7H,8H2,(H2,14,15). The third kappa shape index (κ3) is 2.87. The van der Waals surface area contributed by atoms with E-state index < -0.39 is 0 Å². The van der Waals surface area contributed by atoms with E-state index in [1.807, 2.05) is 18.2 Å². The number of nitrogens with two attached hydrogens (primary N) is 1. The molecular weight excluding hydrogens is 224 g/mol. The maximum atomic E-state index is 5.84. The summed E-state index contributed by atoms with van der Waals surface area (Å²) in [7, 11) is 0. The molecule has 0 amide bonds. The average Bonchev–Trinajstić information content (AvgIpc) is 2.27. The number of nitrogen functional groups attached to an aromatic ring is 1. The molecule has 0 spiro atoms. The topological polar surface area (TPSA) is 48.1 Å². The number of ether oxygens (including phenoxy) is 1. The van der Waals surface area contributed by atoms with Crippen LogP contribution in [0.25, 0.3) is 0 Å². The largest absolute Gasteiger partial charge is 0.489 e. The van der Waals surface area contributed by atoms with Crippen LogP contribution < -0.4 is 10.5 Å². The van der Waals surface area contributed by atoms with Crippen LogP contribution in [0.1, 0.15) is 5.56 Å². The fourth-order valence-corrected chi connectivity index (χ4v) is 1.49. The van der Waals surface area contributed by atoms with Crippen LogP contribution in [0.5, 0.6) is 5.75 Å². The molecule has 16 heavy (non-hydrogen) atoms. The second kappa shape index (κ2) is 4.86. The maximum absolute atomic E-state index is 5.84. The van der Waals surface area contributed by atoms with Crippen molar-refractivity contribution in [3.63, 3.8) is 0 Å². The molecule has 2 aromatic rings. The van der Waals surface area contributed by atoms with E-state index in [4.69, 9.17) is 22.1 Å². The van der Waals surface area contributed by atoms with E-state index in [9.17, 15) is 0 Å². The Labute approximate surface area is 98.8 Å². The van der Waals surface area contributed by atoms with Crippen LogP contribution in [-0.2, 0) is 6.61 Å². The number of benzene rings is 1. The summed E-state index contributed by atoms with van der Waals surface area (Å²) in [5.74, 6) is 1.23. The minimum atomic E-state index is 0.451. The quantitative estimate of drug-likeness (QED) is 0.888. The van der Waals surface area contributed by atoms with Crippen LogP contribution in [-0.4, -0.2) is 4.98 Å². The van der Waals surface area contributed by atoms with Crippen LogP contribution in [0, 0.1) is 0 Å². The zero-order valence-electron chi connectivity index (χ0n) is 8.56. The van der Waals surface area contributed by atoms with Crippen molar-refractivity contribution in [3.8, 4) is 5.75 Å². The molecule has 0 aliphatic heterocycles. The second-order valence-corrected chi connectivity index (χ2v) is 3.77. The molecule has 4 heteroatoms. The Morgan fingerprint density at radius 3 is 2.88 bits per heavy atom. The number of nitrogens with zero attached hydrogens (tertiary/aromatic N) is 1. The van der Waals surface area contributed by atoms with Crippen molar-refractivity contribution in [2.75, 3.05) is 5.73 Å². The van der Waals surface area contributed by atoms with Crippen molar-refractivity contribution < 1.29 is 4.74 Å². The zero-order chi connectivity index (χ0) is 11.4. The number of halogens is 1. The van der Waals surface area contributed by atoms with Gasteiger partial charge in [0.05, 0.1) is 0 Å².